The Balaban J connectivity index is 2.33. The fraction of sp³-hybridized carbons (Fsp3) is 0.167. The Labute approximate surface area is 155 Å². The van der Waals surface area contributed by atoms with Gasteiger partial charge in [-0.05, 0) is 64.9 Å². The van der Waals surface area contributed by atoms with Crippen molar-refractivity contribution < 1.29 is 9.47 Å². The topological polar surface area (TPSA) is 30.8 Å². The van der Waals surface area contributed by atoms with Crippen molar-refractivity contribution in [1.29, 1.82) is 0 Å². The van der Waals surface area contributed by atoms with E-state index < -0.39 is 0 Å². The minimum absolute atomic E-state index is 0.432. The lowest BCUT2D eigenvalue weighted by Crippen LogP contribution is -1.99. The molecule has 2 aromatic rings. The van der Waals surface area contributed by atoms with E-state index >= 15 is 0 Å². The lowest BCUT2D eigenvalue weighted by molar-refractivity contribution is 0.324. The molecule has 0 aromatic heterocycles. The highest BCUT2D eigenvalue weighted by molar-refractivity contribution is 14.1. The first kappa shape index (κ1) is 17.8. The van der Waals surface area contributed by atoms with Gasteiger partial charge in [-0.2, -0.15) is 0 Å². The molecule has 0 saturated heterocycles. The fourth-order valence-electron chi connectivity index (χ4n) is 1.98. The number of hydrogen-bond acceptors (Lipinski definition) is 3. The second-order valence-corrected chi connectivity index (χ2v) is 6.35. The maximum absolute atomic E-state index is 6.12. The highest BCUT2D eigenvalue weighted by Crippen LogP contribution is 2.34. The molecule has 5 heteroatoms. The molecule has 0 bridgehead atoms. The smallest absolute Gasteiger partial charge is 0.174 e. The Morgan fingerprint density at radius 3 is 2.83 bits per heavy atom. The molecule has 23 heavy (non-hydrogen) atoms. The number of ether oxygens (including phenoxy) is 2. The first-order chi connectivity index (χ1) is 11.1. The van der Waals surface area contributed by atoms with Crippen LogP contribution in [-0.4, -0.2) is 19.9 Å². The molecule has 0 aliphatic carbocycles. The summed E-state index contributed by atoms with van der Waals surface area (Å²) < 4.78 is 12.0. The van der Waals surface area contributed by atoms with Crippen LogP contribution in [0.3, 0.4) is 0 Å². The first-order valence-corrected chi connectivity index (χ1v) is 8.43. The third-order valence-electron chi connectivity index (χ3n) is 3.19. The molecule has 2 rings (SSSR count). The van der Waals surface area contributed by atoms with Gasteiger partial charge in [-0.15, -0.1) is 0 Å². The number of benzene rings is 2. The van der Waals surface area contributed by atoms with Crippen LogP contribution in [0.15, 0.2) is 48.0 Å². The third-order valence-corrected chi connectivity index (χ3v) is 4.40. The van der Waals surface area contributed by atoms with Gasteiger partial charge in [-0.3, -0.25) is 4.99 Å². The van der Waals surface area contributed by atoms with E-state index in [1.54, 1.807) is 19.4 Å². The van der Waals surface area contributed by atoms with E-state index in [0.717, 1.165) is 20.4 Å². The maximum Gasteiger partial charge on any atom is 0.174 e. The Morgan fingerprint density at radius 2 is 2.13 bits per heavy atom. The zero-order valence-corrected chi connectivity index (χ0v) is 15.9. The summed E-state index contributed by atoms with van der Waals surface area (Å²) in [7, 11) is 1.62. The Hall–Kier alpha value is -1.53. The molecule has 0 aliphatic rings. The SMILES string of the molecule is C=CCOc1c(I)cc(C=Nc2cccc(Cl)c2C)cc1OC. The van der Waals surface area contributed by atoms with Gasteiger partial charge in [0.25, 0.3) is 0 Å². The van der Waals surface area contributed by atoms with Crippen LogP contribution >= 0.6 is 34.2 Å². The first-order valence-electron chi connectivity index (χ1n) is 6.97. The Morgan fingerprint density at radius 1 is 1.35 bits per heavy atom. The van der Waals surface area contributed by atoms with Crippen molar-refractivity contribution in [3.05, 3.63) is 62.7 Å². The van der Waals surface area contributed by atoms with Gasteiger partial charge in [-0.25, -0.2) is 0 Å². The molecule has 0 aliphatic heterocycles. The highest BCUT2D eigenvalue weighted by Gasteiger charge is 2.10. The van der Waals surface area contributed by atoms with Gasteiger partial charge in [0, 0.05) is 11.2 Å². The lowest BCUT2D eigenvalue weighted by Gasteiger charge is -2.12. The van der Waals surface area contributed by atoms with Crippen LogP contribution in [0, 0.1) is 10.5 Å². The van der Waals surface area contributed by atoms with Crippen LogP contribution < -0.4 is 9.47 Å². The summed E-state index contributed by atoms with van der Waals surface area (Å²) >= 11 is 8.34. The van der Waals surface area contributed by atoms with Crippen LogP contribution in [0.2, 0.25) is 5.02 Å². The van der Waals surface area contributed by atoms with Gasteiger partial charge >= 0.3 is 0 Å². The average molecular weight is 442 g/mol. The molecule has 3 nitrogen and oxygen atoms in total. The molecule has 0 amide bonds. The summed E-state index contributed by atoms with van der Waals surface area (Å²) in [5, 5.41) is 0.708. The van der Waals surface area contributed by atoms with E-state index in [1.165, 1.54) is 0 Å². The number of rotatable bonds is 6. The number of aliphatic imine (C=N–C) groups is 1. The van der Waals surface area contributed by atoms with Crippen molar-refractivity contribution in [1.82, 2.24) is 0 Å². The molecule has 0 spiro atoms. The highest BCUT2D eigenvalue weighted by atomic mass is 127. The standard InChI is InChI=1S/C18H17ClINO2/c1-4-8-23-18-15(20)9-13(10-17(18)22-3)11-21-16-7-5-6-14(19)12(16)2/h4-7,9-11H,1,8H2,2-3H3. The zero-order chi connectivity index (χ0) is 16.8. The summed E-state index contributed by atoms with van der Waals surface area (Å²) in [5.41, 5.74) is 2.73. The van der Waals surface area contributed by atoms with Crippen molar-refractivity contribution >= 4 is 46.1 Å². The molecule has 0 fully saturated rings. The van der Waals surface area contributed by atoms with E-state index in [4.69, 9.17) is 21.1 Å². The predicted octanol–water partition coefficient (Wildman–Crippen LogP) is 5.58. The van der Waals surface area contributed by atoms with E-state index in [1.807, 2.05) is 37.3 Å². The van der Waals surface area contributed by atoms with Crippen molar-refractivity contribution in [3.8, 4) is 11.5 Å². The monoisotopic (exact) mass is 441 g/mol. The van der Waals surface area contributed by atoms with Crippen LogP contribution in [0.25, 0.3) is 0 Å². The molecule has 2 aromatic carbocycles. The quantitative estimate of drug-likeness (QED) is 0.333. The minimum Gasteiger partial charge on any atom is -0.493 e. The molecular formula is C18H17ClINO2. The summed E-state index contributed by atoms with van der Waals surface area (Å²) in [5.74, 6) is 1.38. The molecule has 0 heterocycles. The van der Waals surface area contributed by atoms with Gasteiger partial charge in [0.15, 0.2) is 11.5 Å². The number of nitrogens with zero attached hydrogens (tertiary/aromatic N) is 1. The lowest BCUT2D eigenvalue weighted by atomic mass is 10.2. The molecule has 120 valence electrons. The number of hydrogen-bond donors (Lipinski definition) is 0. The third kappa shape index (κ3) is 4.48. The minimum atomic E-state index is 0.432. The van der Waals surface area contributed by atoms with Crippen molar-refractivity contribution in [3.63, 3.8) is 0 Å². The van der Waals surface area contributed by atoms with Gasteiger partial charge in [0.2, 0.25) is 0 Å². The molecule has 0 N–H and O–H groups in total. The molecule has 0 radical (unpaired) electrons. The second kappa shape index (κ2) is 8.36. The van der Waals surface area contributed by atoms with Crippen LogP contribution in [0.1, 0.15) is 11.1 Å². The zero-order valence-electron chi connectivity index (χ0n) is 13.0. The molecular weight excluding hydrogens is 425 g/mol. The van der Waals surface area contributed by atoms with Gasteiger partial charge in [0.1, 0.15) is 6.61 Å². The normalized spacial score (nSPS) is 10.8. The van der Waals surface area contributed by atoms with E-state index in [2.05, 4.69) is 34.2 Å². The van der Waals surface area contributed by atoms with E-state index in [9.17, 15) is 0 Å². The molecule has 0 saturated carbocycles. The average Bonchev–Trinajstić information content (AvgIpc) is 2.54. The van der Waals surface area contributed by atoms with Gasteiger partial charge < -0.3 is 9.47 Å². The van der Waals surface area contributed by atoms with Crippen LogP contribution in [0.4, 0.5) is 5.69 Å². The number of methoxy groups -OCH3 is 1. The Bertz CT molecular complexity index is 744. The van der Waals surface area contributed by atoms with E-state index in [0.29, 0.717) is 23.1 Å². The predicted molar refractivity (Wildman–Crippen MR) is 105 cm³/mol. The van der Waals surface area contributed by atoms with Gasteiger partial charge in [0.05, 0.1) is 16.4 Å². The molecule has 0 atom stereocenters. The fourth-order valence-corrected chi connectivity index (χ4v) is 2.93. The summed E-state index contributed by atoms with van der Waals surface area (Å²) in [4.78, 5) is 4.52. The van der Waals surface area contributed by atoms with E-state index in [-0.39, 0.29) is 0 Å². The van der Waals surface area contributed by atoms with Crippen molar-refractivity contribution in [2.45, 2.75) is 6.92 Å². The summed E-state index contributed by atoms with van der Waals surface area (Å²) in [6.07, 6.45) is 3.49. The summed E-state index contributed by atoms with van der Waals surface area (Å²) in [6, 6.07) is 9.56. The largest absolute Gasteiger partial charge is 0.493 e. The maximum atomic E-state index is 6.12. The van der Waals surface area contributed by atoms with Crippen molar-refractivity contribution in [2.75, 3.05) is 13.7 Å². The Kier molecular flexibility index (Phi) is 6.47. The molecule has 0 unspecified atom stereocenters. The van der Waals surface area contributed by atoms with Gasteiger partial charge in [-0.1, -0.05) is 30.3 Å². The summed E-state index contributed by atoms with van der Waals surface area (Å²) in [6.45, 7) is 6.04. The van der Waals surface area contributed by atoms with Crippen LogP contribution in [-0.2, 0) is 0 Å². The number of halogens is 2. The van der Waals surface area contributed by atoms with Crippen molar-refractivity contribution in [2.24, 2.45) is 4.99 Å². The van der Waals surface area contributed by atoms with Crippen LogP contribution in [0.5, 0.6) is 11.5 Å². The second-order valence-electron chi connectivity index (χ2n) is 4.78.